The molecule has 0 radical (unpaired) electrons. The lowest BCUT2D eigenvalue weighted by atomic mass is 10.1. The van der Waals surface area contributed by atoms with E-state index in [1.54, 1.807) is 18.2 Å². The minimum absolute atomic E-state index is 0.0841. The number of pyridine rings is 1. The van der Waals surface area contributed by atoms with Crippen molar-refractivity contribution < 1.29 is 18.3 Å². The van der Waals surface area contributed by atoms with Crippen LogP contribution in [0.3, 0.4) is 0 Å². The molecule has 0 spiro atoms. The van der Waals surface area contributed by atoms with Crippen LogP contribution in [0.4, 0.5) is 0 Å². The number of hydrogen-bond acceptors (Lipinski definition) is 5. The van der Waals surface area contributed by atoms with Gasteiger partial charge in [-0.1, -0.05) is 0 Å². The van der Waals surface area contributed by atoms with Gasteiger partial charge >= 0.3 is 0 Å². The molecule has 0 saturated carbocycles. The number of carbonyl (C=O) groups is 1. The van der Waals surface area contributed by atoms with Crippen molar-refractivity contribution in [3.8, 4) is 0 Å². The van der Waals surface area contributed by atoms with Crippen LogP contribution in [-0.2, 0) is 10.0 Å². The fourth-order valence-corrected chi connectivity index (χ4v) is 3.73. The van der Waals surface area contributed by atoms with Gasteiger partial charge in [-0.3, -0.25) is 4.79 Å². The maximum Gasteiger partial charge on any atom is 0.271 e. The molecule has 0 fully saturated rings. The summed E-state index contributed by atoms with van der Waals surface area (Å²) in [6, 6.07) is 6.44. The third-order valence-electron chi connectivity index (χ3n) is 3.87. The van der Waals surface area contributed by atoms with E-state index in [0.717, 1.165) is 5.39 Å². The second-order valence-electron chi connectivity index (χ2n) is 5.47. The van der Waals surface area contributed by atoms with Crippen LogP contribution >= 0.6 is 0 Å². The van der Waals surface area contributed by atoms with Crippen LogP contribution in [0.25, 0.3) is 21.8 Å². The minimum Gasteiger partial charge on any atom is -0.396 e. The lowest BCUT2D eigenvalue weighted by Gasteiger charge is -2.06. The number of hydrogen-bond donors (Lipinski definition) is 4. The zero-order valence-electron chi connectivity index (χ0n) is 13.5. The Hall–Kier alpha value is -2.49. The van der Waals surface area contributed by atoms with Crippen LogP contribution in [0.15, 0.2) is 35.4 Å². The average Bonchev–Trinajstić information content (AvgIpc) is 2.99. The fraction of sp³-hybridized carbons (Fsp3) is 0.250. The third-order valence-corrected chi connectivity index (χ3v) is 5.33. The smallest absolute Gasteiger partial charge is 0.271 e. The van der Waals surface area contributed by atoms with E-state index in [1.165, 1.54) is 19.3 Å². The van der Waals surface area contributed by atoms with Gasteiger partial charge in [-0.15, -0.1) is 0 Å². The summed E-state index contributed by atoms with van der Waals surface area (Å²) in [6.45, 7) is 0.0781. The molecule has 0 aliphatic heterocycles. The maximum atomic E-state index is 12.4. The maximum absolute atomic E-state index is 12.4. The highest BCUT2D eigenvalue weighted by atomic mass is 32.2. The Morgan fingerprint density at radius 1 is 1.28 bits per heavy atom. The number of amides is 1. The molecule has 4 N–H and O–H groups in total. The molecule has 8 nitrogen and oxygen atoms in total. The van der Waals surface area contributed by atoms with Gasteiger partial charge in [-0.05, 0) is 30.7 Å². The minimum atomic E-state index is -3.67. The Balaban J connectivity index is 2.12. The number of aliphatic hydroxyl groups excluding tert-OH is 1. The van der Waals surface area contributed by atoms with Crippen LogP contribution in [0.2, 0.25) is 0 Å². The molecular weight excluding hydrogens is 344 g/mol. The van der Waals surface area contributed by atoms with E-state index in [1.807, 2.05) is 0 Å². The van der Waals surface area contributed by atoms with E-state index < -0.39 is 10.0 Å². The molecule has 0 saturated heterocycles. The highest BCUT2D eigenvalue weighted by Crippen LogP contribution is 2.28. The number of nitrogens with one attached hydrogen (secondary N) is 3. The Bertz CT molecular complexity index is 1040. The number of aromatic nitrogens is 2. The van der Waals surface area contributed by atoms with Crippen LogP contribution in [-0.4, -0.2) is 49.6 Å². The standard InChI is InChI=1S/C16H18N4O4S/c1-17-16(22)15-14-11(5-7-18-15)12-9-10(3-4-13(12)20-14)25(23,24)19-6-2-8-21/h3-5,7,9,19-21H,2,6,8H2,1H3,(H,17,22). The van der Waals surface area contributed by atoms with Crippen molar-refractivity contribution in [1.82, 2.24) is 20.0 Å². The Kier molecular flexibility index (Phi) is 4.71. The lowest BCUT2D eigenvalue weighted by Crippen LogP contribution is -2.25. The fourth-order valence-electron chi connectivity index (χ4n) is 2.63. The van der Waals surface area contributed by atoms with Crippen molar-refractivity contribution in [3.05, 3.63) is 36.2 Å². The van der Waals surface area contributed by atoms with Crippen molar-refractivity contribution in [2.45, 2.75) is 11.3 Å². The SMILES string of the molecule is CNC(=O)c1nccc2c1[nH]c1ccc(S(=O)(=O)NCCCO)cc12. The highest BCUT2D eigenvalue weighted by Gasteiger charge is 2.18. The number of fused-ring (bicyclic) bond motifs is 3. The molecule has 2 heterocycles. The summed E-state index contributed by atoms with van der Waals surface area (Å²) in [5, 5.41) is 12.7. The number of benzene rings is 1. The molecular formula is C16H18N4O4S. The Morgan fingerprint density at radius 2 is 2.08 bits per heavy atom. The van der Waals surface area contributed by atoms with Gasteiger partial charge in [0.05, 0.1) is 10.4 Å². The normalized spacial score (nSPS) is 11.9. The lowest BCUT2D eigenvalue weighted by molar-refractivity contribution is 0.0960. The average molecular weight is 362 g/mol. The van der Waals surface area contributed by atoms with E-state index >= 15 is 0 Å². The van der Waals surface area contributed by atoms with Gasteiger partial charge in [-0.25, -0.2) is 18.1 Å². The summed E-state index contributed by atoms with van der Waals surface area (Å²) in [7, 11) is -2.15. The molecule has 1 aromatic carbocycles. The zero-order chi connectivity index (χ0) is 18.0. The van der Waals surface area contributed by atoms with Crippen molar-refractivity contribution in [1.29, 1.82) is 0 Å². The summed E-state index contributed by atoms with van der Waals surface area (Å²) < 4.78 is 27.1. The second kappa shape index (κ2) is 6.79. The monoisotopic (exact) mass is 362 g/mol. The van der Waals surface area contributed by atoms with Gasteiger partial charge in [0.15, 0.2) is 5.69 Å². The molecule has 0 unspecified atom stereocenters. The number of sulfonamides is 1. The van der Waals surface area contributed by atoms with E-state index in [4.69, 9.17) is 5.11 Å². The Morgan fingerprint density at radius 3 is 2.80 bits per heavy atom. The van der Waals surface area contributed by atoms with Crippen molar-refractivity contribution in [2.75, 3.05) is 20.2 Å². The predicted octanol–water partition coefficient (Wildman–Crippen LogP) is 0.736. The quantitative estimate of drug-likeness (QED) is 0.481. The first-order chi connectivity index (χ1) is 12.0. The largest absolute Gasteiger partial charge is 0.396 e. The summed E-state index contributed by atoms with van der Waals surface area (Å²) in [4.78, 5) is 19.3. The van der Waals surface area contributed by atoms with Crippen molar-refractivity contribution in [2.24, 2.45) is 0 Å². The zero-order valence-corrected chi connectivity index (χ0v) is 14.4. The molecule has 3 rings (SSSR count). The number of aromatic amines is 1. The first-order valence-electron chi connectivity index (χ1n) is 7.71. The number of carbonyl (C=O) groups excluding carboxylic acids is 1. The summed E-state index contributed by atoms with van der Waals surface area (Å²) >= 11 is 0. The summed E-state index contributed by atoms with van der Waals surface area (Å²) in [6.07, 6.45) is 1.86. The van der Waals surface area contributed by atoms with E-state index in [9.17, 15) is 13.2 Å². The number of nitrogens with zero attached hydrogens (tertiary/aromatic N) is 1. The molecule has 132 valence electrons. The number of rotatable bonds is 6. The van der Waals surface area contributed by atoms with E-state index in [2.05, 4.69) is 20.0 Å². The van der Waals surface area contributed by atoms with Crippen LogP contribution in [0.1, 0.15) is 16.9 Å². The van der Waals surface area contributed by atoms with Gasteiger partial charge in [0, 0.05) is 42.7 Å². The third kappa shape index (κ3) is 3.21. The topological polar surface area (TPSA) is 124 Å². The molecule has 0 aliphatic rings. The van der Waals surface area contributed by atoms with Crippen LogP contribution in [0.5, 0.6) is 0 Å². The molecule has 9 heteroatoms. The van der Waals surface area contributed by atoms with Gasteiger partial charge in [-0.2, -0.15) is 0 Å². The number of H-pyrrole nitrogens is 1. The summed E-state index contributed by atoms with van der Waals surface area (Å²) in [5.74, 6) is -0.323. The second-order valence-corrected chi connectivity index (χ2v) is 7.24. The van der Waals surface area contributed by atoms with Crippen molar-refractivity contribution in [3.63, 3.8) is 0 Å². The molecule has 25 heavy (non-hydrogen) atoms. The first-order valence-corrected chi connectivity index (χ1v) is 9.19. The summed E-state index contributed by atoms with van der Waals surface area (Å²) in [5.41, 5.74) is 1.52. The first kappa shape index (κ1) is 17.3. The highest BCUT2D eigenvalue weighted by molar-refractivity contribution is 7.89. The van der Waals surface area contributed by atoms with Gasteiger partial charge < -0.3 is 15.4 Å². The van der Waals surface area contributed by atoms with Gasteiger partial charge in [0.2, 0.25) is 10.0 Å². The molecule has 0 aliphatic carbocycles. The molecule has 0 bridgehead atoms. The number of aliphatic hydroxyl groups is 1. The predicted molar refractivity (Wildman–Crippen MR) is 93.9 cm³/mol. The van der Waals surface area contributed by atoms with E-state index in [0.29, 0.717) is 22.8 Å². The van der Waals surface area contributed by atoms with E-state index in [-0.39, 0.29) is 29.6 Å². The molecule has 1 amide bonds. The Labute approximate surface area is 144 Å². The van der Waals surface area contributed by atoms with Crippen LogP contribution in [0, 0.1) is 0 Å². The van der Waals surface area contributed by atoms with Crippen LogP contribution < -0.4 is 10.0 Å². The van der Waals surface area contributed by atoms with Gasteiger partial charge in [0.25, 0.3) is 5.91 Å². The van der Waals surface area contributed by atoms with Gasteiger partial charge in [0.1, 0.15) is 0 Å². The van der Waals surface area contributed by atoms with Crippen molar-refractivity contribution >= 4 is 37.7 Å². The molecule has 2 aromatic heterocycles. The molecule has 3 aromatic rings. The molecule has 0 atom stereocenters.